The lowest BCUT2D eigenvalue weighted by atomic mass is 9.69. The number of fused-ring (bicyclic) bond motifs is 1. The van der Waals surface area contributed by atoms with Crippen molar-refractivity contribution in [3.05, 3.63) is 29.8 Å². The number of carbonyl (C=O) groups excluding carboxylic acids is 1. The molecule has 3 rings (SSSR count). The van der Waals surface area contributed by atoms with E-state index in [1.54, 1.807) is 0 Å². The highest BCUT2D eigenvalue weighted by atomic mass is 16.5. The minimum Gasteiger partial charge on any atom is -0.494 e. The van der Waals surface area contributed by atoms with Crippen molar-refractivity contribution in [1.82, 2.24) is 9.80 Å². The van der Waals surface area contributed by atoms with Crippen LogP contribution >= 0.6 is 0 Å². The van der Waals surface area contributed by atoms with Gasteiger partial charge in [0.2, 0.25) is 0 Å². The van der Waals surface area contributed by atoms with Gasteiger partial charge in [-0.05, 0) is 58.0 Å². The lowest BCUT2D eigenvalue weighted by Gasteiger charge is -2.53. The van der Waals surface area contributed by atoms with Crippen molar-refractivity contribution in [2.45, 2.75) is 32.2 Å². The molecule has 0 bridgehead atoms. The van der Waals surface area contributed by atoms with Gasteiger partial charge in [0.15, 0.2) is 0 Å². The normalized spacial score (nSPS) is 27.6. The summed E-state index contributed by atoms with van der Waals surface area (Å²) in [7, 11) is 2.11. The van der Waals surface area contributed by atoms with Crippen molar-refractivity contribution >= 4 is 5.91 Å². The Morgan fingerprint density at radius 2 is 2.21 bits per heavy atom. The first-order valence-electron chi connectivity index (χ1n) is 8.93. The Bertz CT molecular complexity index is 592. The van der Waals surface area contributed by atoms with Crippen LogP contribution in [0.1, 0.15) is 36.5 Å². The average molecular weight is 332 g/mol. The molecule has 1 aromatic carbocycles. The summed E-state index contributed by atoms with van der Waals surface area (Å²) in [5.41, 5.74) is 0.632. The largest absolute Gasteiger partial charge is 0.494 e. The van der Waals surface area contributed by atoms with E-state index in [1.807, 2.05) is 36.1 Å². The molecule has 2 aliphatic heterocycles. The number of aliphatic hydroxyl groups excluding tert-OH is 1. The predicted octanol–water partition coefficient (Wildman–Crippen LogP) is 2.00. The zero-order chi connectivity index (χ0) is 17.2. The summed E-state index contributed by atoms with van der Waals surface area (Å²) in [4.78, 5) is 17.2. The number of likely N-dealkylation sites (N-methyl/N-ethyl adjacent to an activating group) is 1. The van der Waals surface area contributed by atoms with E-state index in [2.05, 4.69) is 11.9 Å². The van der Waals surface area contributed by atoms with Gasteiger partial charge in [0, 0.05) is 30.1 Å². The Morgan fingerprint density at radius 1 is 1.38 bits per heavy atom. The molecule has 1 aromatic rings. The number of hydrogen-bond acceptors (Lipinski definition) is 4. The van der Waals surface area contributed by atoms with E-state index in [0.29, 0.717) is 25.3 Å². The topological polar surface area (TPSA) is 53.0 Å². The fourth-order valence-electron chi connectivity index (χ4n) is 4.27. The summed E-state index contributed by atoms with van der Waals surface area (Å²) >= 11 is 0. The third-order valence-electron chi connectivity index (χ3n) is 5.69. The van der Waals surface area contributed by atoms with E-state index < -0.39 is 0 Å². The fourth-order valence-corrected chi connectivity index (χ4v) is 4.27. The number of nitrogens with zero attached hydrogens (tertiary/aromatic N) is 2. The van der Waals surface area contributed by atoms with Crippen LogP contribution in [0.15, 0.2) is 24.3 Å². The number of benzene rings is 1. The summed E-state index contributed by atoms with van der Waals surface area (Å²) < 4.78 is 5.51. The lowest BCUT2D eigenvalue weighted by molar-refractivity contribution is -0.0601. The number of rotatable bonds is 4. The van der Waals surface area contributed by atoms with Crippen LogP contribution in [0.2, 0.25) is 0 Å². The van der Waals surface area contributed by atoms with E-state index >= 15 is 0 Å². The van der Waals surface area contributed by atoms with Crippen LogP contribution in [0.25, 0.3) is 0 Å². The van der Waals surface area contributed by atoms with Crippen LogP contribution in [-0.2, 0) is 0 Å². The smallest absolute Gasteiger partial charge is 0.254 e. The van der Waals surface area contributed by atoms with Gasteiger partial charge in [0.05, 0.1) is 13.2 Å². The fraction of sp³-hybridized carbons (Fsp3) is 0.632. The van der Waals surface area contributed by atoms with Crippen LogP contribution < -0.4 is 4.74 Å². The zero-order valence-corrected chi connectivity index (χ0v) is 14.7. The van der Waals surface area contributed by atoms with Crippen LogP contribution in [0.5, 0.6) is 5.75 Å². The van der Waals surface area contributed by atoms with Crippen molar-refractivity contribution in [1.29, 1.82) is 0 Å². The van der Waals surface area contributed by atoms with E-state index in [4.69, 9.17) is 4.74 Å². The van der Waals surface area contributed by atoms with Gasteiger partial charge in [-0.2, -0.15) is 0 Å². The molecule has 5 nitrogen and oxygen atoms in total. The highest BCUT2D eigenvalue weighted by Crippen LogP contribution is 2.41. The van der Waals surface area contributed by atoms with Crippen molar-refractivity contribution < 1.29 is 14.6 Å². The molecule has 2 aliphatic rings. The molecule has 5 heteroatoms. The Hall–Kier alpha value is -1.59. The van der Waals surface area contributed by atoms with E-state index in [9.17, 15) is 9.90 Å². The molecule has 0 spiro atoms. The molecule has 1 N–H and O–H groups in total. The van der Waals surface area contributed by atoms with Crippen LogP contribution in [0.4, 0.5) is 0 Å². The third kappa shape index (κ3) is 3.15. The maximum atomic E-state index is 12.9. The summed E-state index contributed by atoms with van der Waals surface area (Å²) in [6, 6.07) is 7.66. The molecule has 2 fully saturated rings. The number of ether oxygens (including phenoxy) is 1. The van der Waals surface area contributed by atoms with Gasteiger partial charge in [-0.3, -0.25) is 4.79 Å². The Kier molecular flexibility index (Phi) is 5.11. The number of carbonyl (C=O) groups is 1. The molecule has 0 saturated carbocycles. The van der Waals surface area contributed by atoms with E-state index in [-0.39, 0.29) is 24.0 Å². The maximum absolute atomic E-state index is 12.9. The van der Waals surface area contributed by atoms with Gasteiger partial charge >= 0.3 is 0 Å². The van der Waals surface area contributed by atoms with Crippen LogP contribution in [0, 0.1) is 5.41 Å². The van der Waals surface area contributed by atoms with Gasteiger partial charge < -0.3 is 19.6 Å². The Balaban J connectivity index is 1.76. The minimum atomic E-state index is -0.0447. The molecular weight excluding hydrogens is 304 g/mol. The van der Waals surface area contributed by atoms with Gasteiger partial charge in [-0.1, -0.05) is 6.07 Å². The molecule has 2 saturated heterocycles. The molecule has 24 heavy (non-hydrogen) atoms. The van der Waals surface area contributed by atoms with Crippen molar-refractivity contribution in [2.75, 3.05) is 39.9 Å². The van der Waals surface area contributed by atoms with Gasteiger partial charge in [0.25, 0.3) is 5.91 Å². The first-order valence-corrected chi connectivity index (χ1v) is 8.93. The summed E-state index contributed by atoms with van der Waals surface area (Å²) in [6.07, 6.45) is 3.05. The van der Waals surface area contributed by atoms with Gasteiger partial charge in [0.1, 0.15) is 5.75 Å². The number of amides is 1. The molecule has 0 radical (unpaired) electrons. The predicted molar refractivity (Wildman–Crippen MR) is 93.3 cm³/mol. The average Bonchev–Trinajstić information content (AvgIpc) is 2.61. The van der Waals surface area contributed by atoms with Crippen LogP contribution in [-0.4, -0.2) is 66.8 Å². The molecule has 0 unspecified atom stereocenters. The first kappa shape index (κ1) is 17.2. The summed E-state index contributed by atoms with van der Waals surface area (Å²) in [6.45, 7) is 5.18. The number of hydrogen-bond donors (Lipinski definition) is 1. The lowest BCUT2D eigenvalue weighted by Crippen LogP contribution is -2.62. The second-order valence-corrected chi connectivity index (χ2v) is 7.08. The van der Waals surface area contributed by atoms with Gasteiger partial charge in [-0.15, -0.1) is 0 Å². The second-order valence-electron chi connectivity index (χ2n) is 7.08. The third-order valence-corrected chi connectivity index (χ3v) is 5.69. The molecule has 132 valence electrons. The summed E-state index contributed by atoms with van der Waals surface area (Å²) in [5, 5.41) is 9.99. The second kappa shape index (κ2) is 7.11. The monoisotopic (exact) mass is 332 g/mol. The minimum absolute atomic E-state index is 0.0447. The maximum Gasteiger partial charge on any atom is 0.254 e. The quantitative estimate of drug-likeness (QED) is 0.916. The molecule has 0 aromatic heterocycles. The standard InChI is InChI=1S/C19H28N2O3/c1-3-24-16-7-4-6-15(12-16)18(23)21-11-9-19(14-22)8-5-10-20(2)17(19)13-21/h4,6-7,12,17,22H,3,5,8-11,13-14H2,1-2H3/t17-,19-/m1/s1. The van der Waals surface area contributed by atoms with Crippen molar-refractivity contribution in [3.8, 4) is 5.75 Å². The van der Waals surface area contributed by atoms with Crippen LogP contribution in [0.3, 0.4) is 0 Å². The zero-order valence-electron chi connectivity index (χ0n) is 14.7. The van der Waals surface area contributed by atoms with E-state index in [0.717, 1.165) is 31.6 Å². The molecule has 2 heterocycles. The summed E-state index contributed by atoms with van der Waals surface area (Å²) in [5.74, 6) is 0.793. The molecule has 2 atom stereocenters. The number of likely N-dealkylation sites (tertiary alicyclic amines) is 2. The van der Waals surface area contributed by atoms with Crippen molar-refractivity contribution in [2.24, 2.45) is 5.41 Å². The highest BCUT2D eigenvalue weighted by Gasteiger charge is 2.47. The number of aliphatic hydroxyl groups is 1. The molecular formula is C19H28N2O3. The Labute approximate surface area is 144 Å². The molecule has 0 aliphatic carbocycles. The first-order chi connectivity index (χ1) is 11.6. The number of piperidine rings is 2. The SMILES string of the molecule is CCOc1cccc(C(=O)N2CC[C@@]3(CO)CCCN(C)[C@@H]3C2)c1. The van der Waals surface area contributed by atoms with Gasteiger partial charge in [-0.25, -0.2) is 0 Å². The molecule has 1 amide bonds. The highest BCUT2D eigenvalue weighted by molar-refractivity contribution is 5.94. The van der Waals surface area contributed by atoms with Crippen molar-refractivity contribution in [3.63, 3.8) is 0 Å². The van der Waals surface area contributed by atoms with E-state index in [1.165, 1.54) is 0 Å². The Morgan fingerprint density at radius 3 is 2.96 bits per heavy atom.